The van der Waals surface area contributed by atoms with Crippen molar-refractivity contribution in [1.82, 2.24) is 0 Å². The van der Waals surface area contributed by atoms with Crippen molar-refractivity contribution >= 4 is 15.6 Å². The van der Waals surface area contributed by atoms with E-state index in [9.17, 15) is 26.4 Å². The minimum Gasteiger partial charge on any atom is -0.293 e. The first-order valence-corrected chi connectivity index (χ1v) is 6.52. The molecule has 90 valence electrons. The maximum absolute atomic E-state index is 13.6. The molecule has 0 aromatic heterocycles. The summed E-state index contributed by atoms with van der Waals surface area (Å²) in [6.45, 7) is 0. The minimum atomic E-state index is -3.82. The molecule has 5 unspecified atom stereocenters. The second-order valence-electron chi connectivity index (χ2n) is 4.10. The van der Waals surface area contributed by atoms with Gasteiger partial charge in [0.15, 0.2) is 22.2 Å². The highest BCUT2D eigenvalue weighted by atomic mass is 32.2. The van der Waals surface area contributed by atoms with Crippen LogP contribution in [0.15, 0.2) is 11.0 Å². The Morgan fingerprint density at radius 2 is 1.69 bits per heavy atom. The maximum atomic E-state index is 13.6. The SMILES string of the molecule is CS(=O)(=O)C1=CC2C(F)C(=O)C(F)C2C1F. The minimum absolute atomic E-state index is 0.611. The Balaban J connectivity index is 2.44. The third-order valence-electron chi connectivity index (χ3n) is 3.06. The molecule has 16 heavy (non-hydrogen) atoms. The molecule has 5 atom stereocenters. The molecule has 0 aliphatic heterocycles. The number of hydrogen-bond donors (Lipinski definition) is 0. The molecule has 2 aliphatic rings. The van der Waals surface area contributed by atoms with Crippen LogP contribution in [0.4, 0.5) is 13.2 Å². The normalized spacial score (nSPS) is 43.4. The summed E-state index contributed by atoms with van der Waals surface area (Å²) in [6, 6.07) is 0. The van der Waals surface area contributed by atoms with E-state index in [1.165, 1.54) is 0 Å². The number of fused-ring (bicyclic) bond motifs is 1. The van der Waals surface area contributed by atoms with Crippen LogP contribution < -0.4 is 0 Å². The van der Waals surface area contributed by atoms with Crippen LogP contribution in [0.3, 0.4) is 0 Å². The summed E-state index contributed by atoms with van der Waals surface area (Å²) < 4.78 is 62.4. The zero-order chi connectivity index (χ0) is 12.2. The van der Waals surface area contributed by atoms with Gasteiger partial charge in [0.1, 0.15) is 6.17 Å². The summed E-state index contributed by atoms with van der Waals surface area (Å²) >= 11 is 0. The van der Waals surface area contributed by atoms with Crippen LogP contribution in [0.2, 0.25) is 0 Å². The predicted molar refractivity (Wildman–Crippen MR) is 49.6 cm³/mol. The molecule has 0 heterocycles. The largest absolute Gasteiger partial charge is 0.293 e. The van der Waals surface area contributed by atoms with Crippen LogP contribution in [0, 0.1) is 11.8 Å². The fourth-order valence-corrected chi connectivity index (χ4v) is 3.23. The third-order valence-corrected chi connectivity index (χ3v) is 4.28. The molecule has 2 aliphatic carbocycles. The number of ketones is 1. The summed E-state index contributed by atoms with van der Waals surface area (Å²) in [6.07, 6.45) is -4.91. The summed E-state index contributed by atoms with van der Waals surface area (Å²) in [7, 11) is -3.82. The van der Waals surface area contributed by atoms with Gasteiger partial charge in [-0.15, -0.1) is 0 Å². The van der Waals surface area contributed by atoms with Gasteiger partial charge in [-0.2, -0.15) is 0 Å². The summed E-state index contributed by atoms with van der Waals surface area (Å²) in [5.74, 6) is -4.10. The lowest BCUT2D eigenvalue weighted by Crippen LogP contribution is -2.27. The second kappa shape index (κ2) is 3.32. The van der Waals surface area contributed by atoms with Crippen molar-refractivity contribution < 1.29 is 26.4 Å². The molecule has 0 aromatic carbocycles. The zero-order valence-electron chi connectivity index (χ0n) is 8.23. The van der Waals surface area contributed by atoms with Crippen molar-refractivity contribution in [2.45, 2.75) is 18.5 Å². The van der Waals surface area contributed by atoms with Crippen LogP contribution >= 0.6 is 0 Å². The van der Waals surface area contributed by atoms with Crippen molar-refractivity contribution in [3.63, 3.8) is 0 Å². The van der Waals surface area contributed by atoms with Gasteiger partial charge < -0.3 is 0 Å². The van der Waals surface area contributed by atoms with Gasteiger partial charge in [-0.3, -0.25) is 4.79 Å². The molecule has 1 saturated carbocycles. The number of carbonyl (C=O) groups excluding carboxylic acids is 1. The first-order chi connectivity index (χ1) is 7.25. The fraction of sp³-hybridized carbons (Fsp3) is 0.667. The summed E-state index contributed by atoms with van der Waals surface area (Å²) in [5, 5.41) is 0. The Morgan fingerprint density at radius 3 is 2.12 bits per heavy atom. The van der Waals surface area contributed by atoms with E-state index in [0.717, 1.165) is 12.3 Å². The molecule has 7 heteroatoms. The number of carbonyl (C=O) groups is 1. The average molecular weight is 254 g/mol. The number of halogens is 3. The van der Waals surface area contributed by atoms with Crippen molar-refractivity contribution in [3.8, 4) is 0 Å². The lowest BCUT2D eigenvalue weighted by Gasteiger charge is -2.14. The van der Waals surface area contributed by atoms with E-state index in [0.29, 0.717) is 0 Å². The number of sulfone groups is 1. The average Bonchev–Trinajstić information content (AvgIpc) is 2.60. The predicted octanol–water partition coefficient (Wildman–Crippen LogP) is 0.758. The quantitative estimate of drug-likeness (QED) is 0.694. The van der Waals surface area contributed by atoms with Gasteiger partial charge >= 0.3 is 0 Å². The van der Waals surface area contributed by atoms with Gasteiger partial charge in [0, 0.05) is 18.1 Å². The van der Waals surface area contributed by atoms with Crippen LogP contribution in [0.5, 0.6) is 0 Å². The Labute approximate surface area is 90.2 Å². The topological polar surface area (TPSA) is 51.2 Å². The van der Waals surface area contributed by atoms with Crippen molar-refractivity contribution in [2.24, 2.45) is 11.8 Å². The van der Waals surface area contributed by atoms with Gasteiger partial charge in [-0.05, 0) is 0 Å². The van der Waals surface area contributed by atoms with Crippen molar-refractivity contribution in [2.75, 3.05) is 6.26 Å². The Bertz CT molecular complexity index is 470. The Kier molecular flexibility index (Phi) is 2.41. The van der Waals surface area contributed by atoms with Gasteiger partial charge in [-0.25, -0.2) is 21.6 Å². The number of hydrogen-bond acceptors (Lipinski definition) is 3. The van der Waals surface area contributed by atoms with E-state index in [2.05, 4.69) is 0 Å². The van der Waals surface area contributed by atoms with Gasteiger partial charge in [0.25, 0.3) is 0 Å². The highest BCUT2D eigenvalue weighted by Gasteiger charge is 2.58. The monoisotopic (exact) mass is 254 g/mol. The van der Waals surface area contributed by atoms with Gasteiger partial charge in [0.05, 0.1) is 4.91 Å². The van der Waals surface area contributed by atoms with Gasteiger partial charge in [-0.1, -0.05) is 6.08 Å². The smallest absolute Gasteiger partial charge is 0.201 e. The highest BCUT2D eigenvalue weighted by Crippen LogP contribution is 2.46. The molecular formula is C9H9F3O3S. The fourth-order valence-electron chi connectivity index (χ4n) is 2.26. The highest BCUT2D eigenvalue weighted by molar-refractivity contribution is 7.94. The molecule has 0 N–H and O–H groups in total. The van der Waals surface area contributed by atoms with Crippen LogP contribution in [-0.2, 0) is 14.6 Å². The molecule has 0 bridgehead atoms. The number of alkyl halides is 3. The van der Waals surface area contributed by atoms with E-state index in [-0.39, 0.29) is 0 Å². The van der Waals surface area contributed by atoms with E-state index >= 15 is 0 Å². The Hall–Kier alpha value is -0.850. The zero-order valence-corrected chi connectivity index (χ0v) is 9.05. The van der Waals surface area contributed by atoms with Crippen LogP contribution in [-0.4, -0.2) is 39.0 Å². The first kappa shape index (κ1) is 11.6. The Morgan fingerprint density at radius 1 is 1.12 bits per heavy atom. The lowest BCUT2D eigenvalue weighted by atomic mass is 9.97. The number of allylic oxidation sites excluding steroid dienone is 2. The van der Waals surface area contributed by atoms with Gasteiger partial charge in [0.2, 0.25) is 5.78 Å². The molecule has 0 spiro atoms. The molecule has 1 fully saturated rings. The molecule has 0 amide bonds. The maximum Gasteiger partial charge on any atom is 0.201 e. The number of rotatable bonds is 1. The molecule has 0 saturated heterocycles. The van der Waals surface area contributed by atoms with Crippen LogP contribution in [0.25, 0.3) is 0 Å². The lowest BCUT2D eigenvalue weighted by molar-refractivity contribution is -0.126. The van der Waals surface area contributed by atoms with Crippen LogP contribution in [0.1, 0.15) is 0 Å². The second-order valence-corrected chi connectivity index (χ2v) is 6.12. The summed E-state index contributed by atoms with van der Waals surface area (Å²) in [4.78, 5) is 10.3. The van der Waals surface area contributed by atoms with E-state index in [1.807, 2.05) is 0 Å². The standard InChI is InChI=1S/C9H9F3O3S/c1-16(14,15)4-2-3-5(7(4)11)8(12)9(13)6(3)10/h2-3,5-8H,1H3. The van der Waals surface area contributed by atoms with Crippen molar-refractivity contribution in [3.05, 3.63) is 11.0 Å². The molecular weight excluding hydrogens is 245 g/mol. The summed E-state index contributed by atoms with van der Waals surface area (Å²) in [5.41, 5.74) is 0. The van der Waals surface area contributed by atoms with E-state index in [4.69, 9.17) is 0 Å². The molecule has 0 aromatic rings. The van der Waals surface area contributed by atoms with Crippen molar-refractivity contribution in [1.29, 1.82) is 0 Å². The number of Topliss-reactive ketones (excluding diaryl/α,β-unsaturated/α-hetero) is 1. The van der Waals surface area contributed by atoms with E-state index in [1.54, 1.807) is 0 Å². The van der Waals surface area contributed by atoms with E-state index < -0.39 is 50.9 Å². The molecule has 3 nitrogen and oxygen atoms in total. The first-order valence-electron chi connectivity index (χ1n) is 4.63. The molecule has 2 rings (SSSR count). The molecule has 0 radical (unpaired) electrons. The third kappa shape index (κ3) is 1.41.